The molecule has 38 nitrogen and oxygen atoms in total. The summed E-state index contributed by atoms with van der Waals surface area (Å²) in [4.78, 5) is 195. The monoisotopic (exact) mass is 1460 g/mol. The zero-order valence-corrected chi connectivity index (χ0v) is 58.6. The molecule has 4 heterocycles. The number of likely N-dealkylation sites (tertiary alicyclic amines) is 1. The van der Waals surface area contributed by atoms with Crippen LogP contribution in [0, 0.1) is 0 Å². The van der Waals surface area contributed by atoms with E-state index >= 15 is 14.4 Å². The number of amides is 11. The second kappa shape index (κ2) is 41.1. The predicted octanol–water partition coefficient (Wildman–Crippen LogP) is -5.69. The average molecular weight is 1470 g/mol. The number of imidazole rings is 3. The number of nitrogens with one attached hydrogen (secondary N) is 13. The van der Waals surface area contributed by atoms with E-state index in [2.05, 4.69) is 88.1 Å². The van der Waals surface area contributed by atoms with E-state index in [1.54, 1.807) is 30.3 Å². The highest BCUT2D eigenvalue weighted by Gasteiger charge is 2.41. The lowest BCUT2D eigenvalue weighted by Gasteiger charge is -2.31. The van der Waals surface area contributed by atoms with Crippen LogP contribution in [-0.2, 0) is 89.6 Å². The van der Waals surface area contributed by atoms with Crippen LogP contribution in [0.25, 0.3) is 0 Å². The fourth-order valence-electron chi connectivity index (χ4n) is 11.2. The molecule has 2 aromatic carbocycles. The number of aliphatic imine (C=N–C) groups is 1. The highest BCUT2D eigenvalue weighted by atomic mass is 16.4. The molecule has 1 aliphatic rings. The third-order valence-electron chi connectivity index (χ3n) is 17.1. The maximum Gasteiger partial charge on any atom is 0.326 e. The van der Waals surface area contributed by atoms with E-state index in [-0.39, 0.29) is 95.6 Å². The predicted molar refractivity (Wildman–Crippen MR) is 376 cm³/mol. The molecular formula is C67H96N22O16. The van der Waals surface area contributed by atoms with Crippen LogP contribution in [0.2, 0.25) is 0 Å². The first-order valence-electron chi connectivity index (χ1n) is 34.2. The maximum absolute atomic E-state index is 15.1. The van der Waals surface area contributed by atoms with Gasteiger partial charge in [0.05, 0.1) is 31.2 Å². The van der Waals surface area contributed by atoms with Crippen molar-refractivity contribution in [2.45, 2.75) is 189 Å². The van der Waals surface area contributed by atoms with Gasteiger partial charge in [-0.1, -0.05) is 42.5 Å². The first-order valence-corrected chi connectivity index (χ1v) is 34.2. The number of aromatic hydroxyl groups is 1. The number of aliphatic carboxylic acids is 1. The Kier molecular flexibility index (Phi) is 32.3. The van der Waals surface area contributed by atoms with Gasteiger partial charge in [0.15, 0.2) is 5.96 Å². The molecular weight excluding hydrogens is 1370 g/mol. The van der Waals surface area contributed by atoms with Crippen molar-refractivity contribution in [3.8, 4) is 5.75 Å². The molecule has 14 atom stereocenters. The van der Waals surface area contributed by atoms with Gasteiger partial charge >= 0.3 is 5.97 Å². The van der Waals surface area contributed by atoms with E-state index in [4.69, 9.17) is 22.9 Å². The summed E-state index contributed by atoms with van der Waals surface area (Å²) in [6.07, 6.45) is 5.36. The lowest BCUT2D eigenvalue weighted by atomic mass is 10.0. The second-order valence-electron chi connectivity index (χ2n) is 25.5. The van der Waals surface area contributed by atoms with Crippen molar-refractivity contribution in [2.24, 2.45) is 27.9 Å². The molecule has 1 aliphatic heterocycles. The van der Waals surface area contributed by atoms with Gasteiger partial charge < -0.3 is 116 Å². The van der Waals surface area contributed by atoms with Crippen molar-refractivity contribution in [3.63, 3.8) is 0 Å². The highest BCUT2D eigenvalue weighted by molar-refractivity contribution is 6.00. The quantitative estimate of drug-likeness (QED) is 0.00983. The molecule has 25 N–H and O–H groups in total. The molecule has 1 fully saturated rings. The summed E-state index contributed by atoms with van der Waals surface area (Å²) >= 11 is 0. The fourth-order valence-corrected chi connectivity index (χ4v) is 11.2. The Morgan fingerprint density at radius 1 is 0.524 bits per heavy atom. The van der Waals surface area contributed by atoms with Crippen molar-refractivity contribution >= 4 is 76.9 Å². The number of hydrogen-bond acceptors (Lipinski definition) is 21. The van der Waals surface area contributed by atoms with Gasteiger partial charge in [0.2, 0.25) is 65.0 Å². The van der Waals surface area contributed by atoms with Crippen LogP contribution in [0.5, 0.6) is 5.75 Å². The van der Waals surface area contributed by atoms with E-state index in [9.17, 15) is 63.6 Å². The summed E-state index contributed by atoms with van der Waals surface area (Å²) in [5.74, 6) is -11.5. The second-order valence-corrected chi connectivity index (χ2v) is 25.5. The number of hydrogen-bond donors (Lipinski definition) is 21. The molecule has 11 amide bonds. The van der Waals surface area contributed by atoms with Gasteiger partial charge in [-0.25, -0.2) is 19.7 Å². The van der Waals surface area contributed by atoms with Crippen molar-refractivity contribution in [2.75, 3.05) is 19.6 Å². The first kappa shape index (κ1) is 82.6. The van der Waals surface area contributed by atoms with Crippen molar-refractivity contribution in [3.05, 3.63) is 120 Å². The van der Waals surface area contributed by atoms with E-state index in [1.807, 2.05) is 0 Å². The molecule has 105 heavy (non-hydrogen) atoms. The zero-order valence-electron chi connectivity index (χ0n) is 58.6. The number of unbranched alkanes of at least 4 members (excludes halogenated alkanes) is 1. The Labute approximate surface area is 603 Å². The number of aromatic nitrogens is 6. The number of phenols is 1. The topological polar surface area (TPSA) is 612 Å². The van der Waals surface area contributed by atoms with E-state index in [0.717, 1.165) is 0 Å². The SMILES string of the molecule is C[C@H](NC(=O)[C@@H](NC(=O)[C@@H](N)[C@@H](C)O)[C@@H](C)O)C(=O)N[C@@H](CCCCN)C(=O)N[C@@H](Cc1cnc[nH]1)C(=O)N[C@@H](Cc1ccc(O)cc1)C(=O)N[C@@H](Cc1ccccc1)C(=O)N[C@@H](Cc1cnc[nH]1)C(=O)N1CCC[C@H]1C(=O)N[C@@H](C)C(=O)N[C@@H](CCCN=C(N)N)C(=O)N[C@@H](Cc1cnc[nH]1)C(=O)O. The number of carboxylic acid groups (broad SMARTS) is 1. The molecule has 0 spiro atoms. The molecule has 1 saturated heterocycles. The molecule has 6 rings (SSSR count). The summed E-state index contributed by atoms with van der Waals surface area (Å²) in [5.41, 5.74) is 24.5. The van der Waals surface area contributed by atoms with Gasteiger partial charge in [0.25, 0.3) is 0 Å². The van der Waals surface area contributed by atoms with Gasteiger partial charge in [-0.2, -0.15) is 0 Å². The van der Waals surface area contributed by atoms with Gasteiger partial charge in [-0.3, -0.25) is 57.7 Å². The lowest BCUT2D eigenvalue weighted by molar-refractivity contribution is -0.143. The molecule has 0 bridgehead atoms. The van der Waals surface area contributed by atoms with Crippen LogP contribution in [0.1, 0.15) is 101 Å². The summed E-state index contributed by atoms with van der Waals surface area (Å²) in [5, 5.41) is 66.3. The van der Waals surface area contributed by atoms with Gasteiger partial charge in [0, 0.05) is 80.9 Å². The minimum absolute atomic E-state index is 0.0139. The number of rotatable bonds is 42. The Balaban J connectivity index is 1.23. The Hall–Kier alpha value is -11.4. The van der Waals surface area contributed by atoms with Crippen LogP contribution >= 0.6 is 0 Å². The molecule has 5 aromatic rings. The number of H-pyrrole nitrogens is 3. The molecule has 0 unspecified atom stereocenters. The number of aliphatic hydroxyl groups excluding tert-OH is 2. The molecule has 0 aliphatic carbocycles. The Morgan fingerprint density at radius 2 is 0.971 bits per heavy atom. The number of phenolic OH excluding ortho intramolecular Hbond substituents is 1. The molecule has 0 radical (unpaired) electrons. The summed E-state index contributed by atoms with van der Waals surface area (Å²) < 4.78 is 0. The number of aromatic amines is 3. The minimum Gasteiger partial charge on any atom is -0.508 e. The molecule has 570 valence electrons. The third kappa shape index (κ3) is 26.4. The largest absolute Gasteiger partial charge is 0.508 e. The van der Waals surface area contributed by atoms with Crippen LogP contribution < -0.4 is 76.1 Å². The van der Waals surface area contributed by atoms with Gasteiger partial charge in [-0.05, 0) is 102 Å². The van der Waals surface area contributed by atoms with E-state index < -0.39 is 156 Å². The highest BCUT2D eigenvalue weighted by Crippen LogP contribution is 2.21. The number of nitrogens with two attached hydrogens (primary N) is 4. The van der Waals surface area contributed by atoms with Crippen molar-refractivity contribution in [1.29, 1.82) is 0 Å². The average Bonchev–Trinajstić information content (AvgIpc) is 1.73. The van der Waals surface area contributed by atoms with Crippen LogP contribution in [0.15, 0.2) is 97.2 Å². The van der Waals surface area contributed by atoms with Crippen LogP contribution in [-0.4, -0.2) is 236 Å². The minimum atomic E-state index is -1.63. The zero-order chi connectivity index (χ0) is 76.9. The van der Waals surface area contributed by atoms with Gasteiger partial charge in [0.1, 0.15) is 78.3 Å². The van der Waals surface area contributed by atoms with Crippen LogP contribution in [0.4, 0.5) is 0 Å². The van der Waals surface area contributed by atoms with Crippen LogP contribution in [0.3, 0.4) is 0 Å². The maximum atomic E-state index is 15.1. The number of carbonyl (C=O) groups excluding carboxylic acids is 11. The summed E-state index contributed by atoms with van der Waals surface area (Å²) in [6, 6.07) is -3.17. The summed E-state index contributed by atoms with van der Waals surface area (Å²) in [7, 11) is 0. The lowest BCUT2D eigenvalue weighted by Crippen LogP contribution is -2.61. The third-order valence-corrected chi connectivity index (χ3v) is 17.1. The van der Waals surface area contributed by atoms with E-state index in [0.29, 0.717) is 41.1 Å². The molecule has 3 aromatic heterocycles. The Morgan fingerprint density at radius 3 is 1.45 bits per heavy atom. The number of carboxylic acids is 1. The van der Waals surface area contributed by atoms with Crippen molar-refractivity contribution < 1.29 is 78.0 Å². The number of benzene rings is 2. The fraction of sp³-hybridized carbons (Fsp3) is 0.493. The van der Waals surface area contributed by atoms with Crippen molar-refractivity contribution in [1.82, 2.24) is 88.0 Å². The normalized spacial score (nSPS) is 16.3. The first-order chi connectivity index (χ1) is 50.0. The number of aliphatic hydroxyl groups is 2. The summed E-state index contributed by atoms with van der Waals surface area (Å²) in [6.45, 7) is 5.32. The standard InChI is InChI=1S/C67H96N22O16/c1-35(55(93)82-46(15-10-22-75-67(70)71)58(96)87-51(66(104)105)28-43-31-74-34-78-43)79-62(100)52-16-11-23-89(52)65(103)50(27-42-30-73-33-77-42)86-60(98)47(24-39-12-6-5-7-13-39)83-59(97)48(25-40-17-19-44(92)20-18-40)84-61(99)49(26-41-29-72-32-76-41)85-57(95)45(14-8-9-21-68)81-56(94)36(2)80-64(102)54(38(4)91)88-63(101)53(69)37(3)90/h5-7,12-13,17-20,29-38,45-54,90-92H,8-11,14-16,21-28,68-69H2,1-4H3,(H,72,76)(H,73,77)(H,74,78)(H,79,100)(H,80,102)(H,81,94)(H,82,93)(H,83,97)(H,84,99)(H,85,95)(H,86,98)(H,87,96)(H,88,101)(H,104,105)(H4,70,71,75)/t35-,36-,37+,38+,45-,46-,47-,48-,49-,50-,51-,52-,53-,54-/m0/s1. The number of guanidine groups is 1. The van der Waals surface area contributed by atoms with Gasteiger partial charge in [-0.15, -0.1) is 0 Å². The number of nitrogens with zero attached hydrogens (tertiary/aromatic N) is 5. The van der Waals surface area contributed by atoms with E-state index in [1.165, 1.54) is 94.4 Å². The molecule has 0 saturated carbocycles. The smallest absolute Gasteiger partial charge is 0.326 e. The Bertz CT molecular complexity index is 3710. The molecule has 38 heteroatoms. The number of carbonyl (C=O) groups is 12.